The number of nitrogens with zero attached hydrogens (tertiary/aromatic N) is 1. The molecule has 1 amide bonds. The number of hydrogen-bond donors (Lipinski definition) is 0. The summed E-state index contributed by atoms with van der Waals surface area (Å²) in [6, 6.07) is 0. The van der Waals surface area contributed by atoms with Gasteiger partial charge in [-0.3, -0.25) is 4.79 Å². The Hall–Kier alpha value is -0.0500. The first-order valence-electron chi connectivity index (χ1n) is 8.69. The predicted octanol–water partition coefficient (Wildman–Crippen LogP) is 4.62. The molecule has 0 aromatic rings. The molecule has 3 heteroatoms. The Labute approximate surface area is 138 Å². The van der Waals surface area contributed by atoms with Crippen LogP contribution in [0.4, 0.5) is 0 Å². The fourth-order valence-electron chi connectivity index (χ4n) is 6.68. The van der Waals surface area contributed by atoms with Crippen molar-refractivity contribution in [2.24, 2.45) is 22.2 Å². The first-order valence-corrected chi connectivity index (χ1v) is 9.81. The maximum Gasteiger partial charge on any atom is 0.228 e. The van der Waals surface area contributed by atoms with Gasteiger partial charge in [0.1, 0.15) is 0 Å². The molecule has 21 heavy (non-hydrogen) atoms. The highest BCUT2D eigenvalue weighted by atomic mass is 79.9. The molecule has 0 radical (unpaired) electrons. The quantitative estimate of drug-likeness (QED) is 0.659. The van der Waals surface area contributed by atoms with Crippen molar-refractivity contribution in [3.63, 3.8) is 0 Å². The lowest BCUT2D eigenvalue weighted by molar-refractivity contribution is -0.179. The lowest BCUT2D eigenvalue weighted by atomic mass is 9.40. The second-order valence-electron chi connectivity index (χ2n) is 8.84. The van der Waals surface area contributed by atoms with Crippen LogP contribution in [0.15, 0.2) is 0 Å². The molecule has 0 aromatic carbocycles. The second-order valence-corrected chi connectivity index (χ2v) is 9.63. The van der Waals surface area contributed by atoms with Gasteiger partial charge in [-0.1, -0.05) is 29.8 Å². The highest BCUT2D eigenvalue weighted by Crippen LogP contribution is 2.69. The molecule has 0 aromatic heterocycles. The zero-order chi connectivity index (χ0) is 15.3. The summed E-state index contributed by atoms with van der Waals surface area (Å²) in [6.07, 6.45) is 8.61. The molecular formula is C18H30BrNO. The maximum atomic E-state index is 13.3. The van der Waals surface area contributed by atoms with Crippen LogP contribution >= 0.6 is 15.9 Å². The molecule has 4 aliphatic carbocycles. The molecule has 0 heterocycles. The van der Waals surface area contributed by atoms with Gasteiger partial charge < -0.3 is 4.90 Å². The number of hydrogen-bond acceptors (Lipinski definition) is 1. The number of amides is 1. The van der Waals surface area contributed by atoms with Crippen LogP contribution in [0, 0.1) is 22.2 Å². The molecular weight excluding hydrogens is 326 g/mol. The van der Waals surface area contributed by atoms with Gasteiger partial charge in [-0.15, -0.1) is 0 Å². The van der Waals surface area contributed by atoms with E-state index in [-0.39, 0.29) is 5.41 Å². The summed E-state index contributed by atoms with van der Waals surface area (Å²) in [6.45, 7) is 8.82. The minimum absolute atomic E-state index is 0.0226. The van der Waals surface area contributed by atoms with Crippen LogP contribution in [0.3, 0.4) is 0 Å². The third kappa shape index (κ3) is 2.68. The topological polar surface area (TPSA) is 20.3 Å². The van der Waals surface area contributed by atoms with Crippen molar-refractivity contribution in [3.8, 4) is 0 Å². The Morgan fingerprint density at radius 3 is 2.24 bits per heavy atom. The van der Waals surface area contributed by atoms with Crippen molar-refractivity contribution in [3.05, 3.63) is 0 Å². The van der Waals surface area contributed by atoms with Crippen LogP contribution in [0.25, 0.3) is 0 Å². The minimum Gasteiger partial charge on any atom is -0.342 e. The molecule has 2 unspecified atom stereocenters. The zero-order valence-electron chi connectivity index (χ0n) is 13.9. The van der Waals surface area contributed by atoms with Gasteiger partial charge in [0.25, 0.3) is 0 Å². The first-order chi connectivity index (χ1) is 9.84. The lowest BCUT2D eigenvalue weighted by Gasteiger charge is -2.65. The number of carbonyl (C=O) groups excluding carboxylic acids is 1. The summed E-state index contributed by atoms with van der Waals surface area (Å²) < 4.78 is 0. The van der Waals surface area contributed by atoms with Gasteiger partial charge in [0.2, 0.25) is 5.91 Å². The molecule has 0 aliphatic heterocycles. The van der Waals surface area contributed by atoms with E-state index in [1.165, 1.54) is 25.7 Å². The Kier molecular flexibility index (Phi) is 3.96. The van der Waals surface area contributed by atoms with Crippen LogP contribution in [0.2, 0.25) is 0 Å². The van der Waals surface area contributed by atoms with Gasteiger partial charge >= 0.3 is 0 Å². The van der Waals surface area contributed by atoms with Crippen molar-refractivity contribution in [1.29, 1.82) is 0 Å². The summed E-state index contributed by atoms with van der Waals surface area (Å²) in [5.74, 6) is 1.28. The monoisotopic (exact) mass is 355 g/mol. The smallest absolute Gasteiger partial charge is 0.228 e. The Morgan fingerprint density at radius 1 is 1.14 bits per heavy atom. The minimum atomic E-state index is -0.0226. The van der Waals surface area contributed by atoms with Crippen LogP contribution in [0.1, 0.15) is 65.7 Å². The van der Waals surface area contributed by atoms with E-state index >= 15 is 0 Å². The molecule has 0 N–H and O–H groups in total. The number of carbonyl (C=O) groups is 1. The van der Waals surface area contributed by atoms with E-state index in [2.05, 4.69) is 41.6 Å². The Bertz CT molecular complexity index is 417. The molecule has 4 rings (SSSR count). The van der Waals surface area contributed by atoms with Crippen LogP contribution in [0.5, 0.6) is 0 Å². The molecule has 4 aliphatic rings. The van der Waals surface area contributed by atoms with Gasteiger partial charge in [-0.05, 0) is 68.6 Å². The first kappa shape index (κ1) is 15.8. The van der Waals surface area contributed by atoms with Crippen molar-refractivity contribution in [1.82, 2.24) is 4.90 Å². The van der Waals surface area contributed by atoms with Gasteiger partial charge in [-0.2, -0.15) is 0 Å². The predicted molar refractivity (Wildman–Crippen MR) is 90.5 cm³/mol. The van der Waals surface area contributed by atoms with Crippen molar-refractivity contribution >= 4 is 21.8 Å². The maximum absolute atomic E-state index is 13.3. The number of halogens is 1. The van der Waals surface area contributed by atoms with Crippen LogP contribution in [-0.4, -0.2) is 29.2 Å². The standard InChI is InChI=1S/C18H30BrNO/c1-4-20(7-5-6-19)15(21)18-10-14-8-16(2,12-18)11-17(3,9-14)13-18/h14H,4-13H2,1-3H3. The molecule has 4 fully saturated rings. The van der Waals surface area contributed by atoms with Crippen molar-refractivity contribution in [2.75, 3.05) is 18.4 Å². The van der Waals surface area contributed by atoms with Crippen LogP contribution in [-0.2, 0) is 4.79 Å². The molecule has 2 nitrogen and oxygen atoms in total. The fraction of sp³-hybridized carbons (Fsp3) is 0.944. The second kappa shape index (κ2) is 5.25. The average molecular weight is 356 g/mol. The van der Waals surface area contributed by atoms with Crippen molar-refractivity contribution in [2.45, 2.75) is 65.7 Å². The molecule has 4 bridgehead atoms. The number of alkyl halides is 1. The molecule has 4 saturated carbocycles. The third-order valence-electron chi connectivity index (χ3n) is 6.31. The van der Waals surface area contributed by atoms with Gasteiger partial charge in [-0.25, -0.2) is 0 Å². The zero-order valence-corrected chi connectivity index (χ0v) is 15.5. The van der Waals surface area contributed by atoms with Gasteiger partial charge in [0.05, 0.1) is 5.41 Å². The SMILES string of the molecule is CCN(CCCBr)C(=O)C12CC3CC(C)(CC(C)(C3)C1)C2. The summed E-state index contributed by atoms with van der Waals surface area (Å²) in [7, 11) is 0. The van der Waals surface area contributed by atoms with E-state index < -0.39 is 0 Å². The van der Waals surface area contributed by atoms with Crippen LogP contribution < -0.4 is 0 Å². The van der Waals surface area contributed by atoms with Gasteiger partial charge in [0.15, 0.2) is 0 Å². The highest BCUT2D eigenvalue weighted by molar-refractivity contribution is 9.09. The molecule has 0 saturated heterocycles. The largest absolute Gasteiger partial charge is 0.342 e. The number of rotatable bonds is 5. The lowest BCUT2D eigenvalue weighted by Crippen LogP contribution is -2.60. The Balaban J connectivity index is 1.85. The highest BCUT2D eigenvalue weighted by Gasteiger charge is 2.63. The summed E-state index contributed by atoms with van der Waals surface area (Å²) in [5.41, 5.74) is 0.836. The molecule has 0 spiro atoms. The summed E-state index contributed by atoms with van der Waals surface area (Å²) in [5, 5.41) is 0.988. The van der Waals surface area contributed by atoms with Crippen molar-refractivity contribution < 1.29 is 4.79 Å². The van der Waals surface area contributed by atoms with E-state index in [1.807, 2.05) is 0 Å². The van der Waals surface area contributed by atoms with E-state index in [1.54, 1.807) is 0 Å². The fourth-order valence-corrected chi connectivity index (χ4v) is 6.93. The van der Waals surface area contributed by atoms with Gasteiger partial charge in [0, 0.05) is 18.4 Å². The average Bonchev–Trinajstić information content (AvgIpc) is 2.35. The van der Waals surface area contributed by atoms with E-state index in [0.29, 0.717) is 16.7 Å². The van der Waals surface area contributed by atoms with E-state index in [4.69, 9.17) is 0 Å². The Morgan fingerprint density at radius 2 is 1.76 bits per heavy atom. The summed E-state index contributed by atoms with van der Waals surface area (Å²) in [4.78, 5) is 15.5. The molecule has 120 valence electrons. The molecule has 2 atom stereocenters. The third-order valence-corrected chi connectivity index (χ3v) is 6.87. The normalized spacial score (nSPS) is 44.1. The van der Waals surface area contributed by atoms with E-state index in [9.17, 15) is 4.79 Å². The van der Waals surface area contributed by atoms with E-state index in [0.717, 1.165) is 43.6 Å². The summed E-state index contributed by atoms with van der Waals surface area (Å²) >= 11 is 3.50.